The van der Waals surface area contributed by atoms with Crippen molar-refractivity contribution in [3.05, 3.63) is 28.2 Å². The van der Waals surface area contributed by atoms with Crippen LogP contribution in [-0.4, -0.2) is 48.0 Å². The van der Waals surface area contributed by atoms with Crippen molar-refractivity contribution >= 4 is 45.1 Å². The van der Waals surface area contributed by atoms with Gasteiger partial charge >= 0.3 is 6.03 Å². The summed E-state index contributed by atoms with van der Waals surface area (Å²) >= 11 is 7.77. The van der Waals surface area contributed by atoms with Crippen LogP contribution in [0.25, 0.3) is 10.2 Å². The molecule has 0 spiro atoms. The molecule has 0 bridgehead atoms. The van der Waals surface area contributed by atoms with E-state index >= 15 is 0 Å². The van der Waals surface area contributed by atoms with Gasteiger partial charge in [-0.15, -0.1) is 11.3 Å². The first-order valence-electron chi connectivity index (χ1n) is 9.41. The van der Waals surface area contributed by atoms with Crippen molar-refractivity contribution in [3.8, 4) is 0 Å². The van der Waals surface area contributed by atoms with Gasteiger partial charge in [-0.25, -0.2) is 9.78 Å². The molecule has 146 valence electrons. The fraction of sp³-hybridized carbons (Fsp3) is 0.526. The van der Waals surface area contributed by atoms with Crippen LogP contribution in [0, 0.1) is 0 Å². The number of urea groups is 1. The van der Waals surface area contributed by atoms with Crippen molar-refractivity contribution in [3.63, 3.8) is 0 Å². The molecule has 0 atom stereocenters. The average molecular weight is 409 g/mol. The molecule has 1 saturated heterocycles. The lowest BCUT2D eigenvalue weighted by Gasteiger charge is -2.30. The van der Waals surface area contributed by atoms with E-state index < -0.39 is 6.03 Å². The van der Waals surface area contributed by atoms with Gasteiger partial charge in [0.25, 0.3) is 0 Å². The van der Waals surface area contributed by atoms with Gasteiger partial charge in [-0.05, 0) is 50.6 Å². The van der Waals surface area contributed by atoms with Gasteiger partial charge < -0.3 is 5.32 Å². The topological polar surface area (TPSA) is 74.3 Å². The van der Waals surface area contributed by atoms with Gasteiger partial charge in [-0.3, -0.25) is 15.0 Å². The molecule has 1 aliphatic heterocycles. The van der Waals surface area contributed by atoms with Crippen LogP contribution < -0.4 is 10.6 Å². The third-order valence-electron chi connectivity index (χ3n) is 4.74. The molecule has 1 fully saturated rings. The molecule has 8 heteroatoms. The first-order valence-corrected chi connectivity index (χ1v) is 10.6. The molecular weight excluding hydrogens is 384 g/mol. The number of piperidine rings is 1. The first-order chi connectivity index (χ1) is 13.0. The van der Waals surface area contributed by atoms with Crippen LogP contribution in [0.5, 0.6) is 0 Å². The lowest BCUT2D eigenvalue weighted by Crippen LogP contribution is -2.46. The molecule has 1 aromatic heterocycles. The Bertz CT molecular complexity index is 802. The van der Waals surface area contributed by atoms with Gasteiger partial charge in [-0.2, -0.15) is 0 Å². The Balaban J connectivity index is 1.45. The number of amides is 3. The zero-order chi connectivity index (χ0) is 19.2. The Morgan fingerprint density at radius 1 is 1.33 bits per heavy atom. The van der Waals surface area contributed by atoms with E-state index in [1.807, 2.05) is 18.2 Å². The number of carbonyl (C=O) groups is 2. The minimum Gasteiger partial charge on any atom is -0.338 e. The van der Waals surface area contributed by atoms with Crippen molar-refractivity contribution in [1.29, 1.82) is 0 Å². The number of benzene rings is 1. The number of rotatable bonds is 6. The van der Waals surface area contributed by atoms with Crippen LogP contribution >= 0.6 is 22.9 Å². The largest absolute Gasteiger partial charge is 0.338 e. The molecule has 0 aliphatic carbocycles. The molecule has 6 nitrogen and oxygen atoms in total. The van der Waals surface area contributed by atoms with Gasteiger partial charge in [-0.1, -0.05) is 24.9 Å². The normalized spacial score (nSPS) is 15.8. The smallest absolute Gasteiger partial charge is 0.321 e. The van der Waals surface area contributed by atoms with Crippen LogP contribution in [0.15, 0.2) is 18.2 Å². The molecule has 2 N–H and O–H groups in total. The third kappa shape index (κ3) is 5.64. The second kappa shape index (κ2) is 9.48. The highest BCUT2D eigenvalue weighted by Crippen LogP contribution is 2.34. The molecule has 27 heavy (non-hydrogen) atoms. The van der Waals surface area contributed by atoms with E-state index in [4.69, 9.17) is 16.6 Å². The lowest BCUT2D eigenvalue weighted by molar-refractivity contribution is -0.121. The van der Waals surface area contributed by atoms with E-state index in [0.29, 0.717) is 17.5 Å². The predicted octanol–water partition coefficient (Wildman–Crippen LogP) is 3.76. The average Bonchev–Trinajstić information content (AvgIpc) is 3.05. The highest BCUT2D eigenvalue weighted by atomic mass is 35.5. The lowest BCUT2D eigenvalue weighted by atomic mass is 9.97. The molecule has 3 rings (SSSR count). The summed E-state index contributed by atoms with van der Waals surface area (Å²) in [5, 5.41) is 6.94. The molecule has 0 saturated carbocycles. The maximum absolute atomic E-state index is 12.0. The molecule has 3 amide bonds. The molecule has 2 heterocycles. The molecule has 2 aromatic rings. The number of unbranched alkanes of at least 4 members (excludes halogenated alkanes) is 1. The summed E-state index contributed by atoms with van der Waals surface area (Å²) in [5.74, 6) is 0.162. The number of nitrogens with zero attached hydrogens (tertiary/aromatic N) is 2. The summed E-state index contributed by atoms with van der Waals surface area (Å²) in [5.41, 5.74) is 0.957. The fourth-order valence-corrected chi connectivity index (χ4v) is 4.51. The SMILES string of the molecule is CCCCNC(=O)NC(=O)CN1CCC(c2nc3cc(Cl)ccc3s2)CC1. The summed E-state index contributed by atoms with van der Waals surface area (Å²) < 4.78 is 1.16. The third-order valence-corrected chi connectivity index (χ3v) is 6.17. The summed E-state index contributed by atoms with van der Waals surface area (Å²) in [6.07, 6.45) is 3.84. The van der Waals surface area contributed by atoms with E-state index in [9.17, 15) is 9.59 Å². The van der Waals surface area contributed by atoms with Gasteiger partial charge in [0, 0.05) is 17.5 Å². The number of nitrogens with one attached hydrogen (secondary N) is 2. The van der Waals surface area contributed by atoms with Gasteiger partial charge in [0.15, 0.2) is 0 Å². The Hall–Kier alpha value is -1.70. The van der Waals surface area contributed by atoms with Crippen LogP contribution in [0.4, 0.5) is 4.79 Å². The fourth-order valence-electron chi connectivity index (χ4n) is 3.22. The van der Waals surface area contributed by atoms with Crippen molar-refractivity contribution in [2.45, 2.75) is 38.5 Å². The number of carbonyl (C=O) groups excluding carboxylic acids is 2. The van der Waals surface area contributed by atoms with E-state index in [1.54, 1.807) is 11.3 Å². The standard InChI is InChI=1S/C19H25ClN4O2S/c1-2-3-8-21-19(26)23-17(25)12-24-9-6-13(7-10-24)18-22-15-11-14(20)4-5-16(15)27-18/h4-5,11,13H,2-3,6-10,12H2,1H3,(H2,21,23,25,26). The zero-order valence-corrected chi connectivity index (χ0v) is 17.0. The number of hydrogen-bond acceptors (Lipinski definition) is 5. The molecule has 1 aliphatic rings. The van der Waals surface area contributed by atoms with Crippen molar-refractivity contribution < 1.29 is 9.59 Å². The summed E-state index contributed by atoms with van der Waals surface area (Å²) in [4.78, 5) is 30.5. The van der Waals surface area contributed by atoms with E-state index in [0.717, 1.165) is 54.0 Å². The minimum atomic E-state index is -0.406. The number of hydrogen-bond donors (Lipinski definition) is 2. The van der Waals surface area contributed by atoms with Crippen molar-refractivity contribution in [2.75, 3.05) is 26.2 Å². The predicted molar refractivity (Wildman–Crippen MR) is 109 cm³/mol. The number of aromatic nitrogens is 1. The Morgan fingerprint density at radius 2 is 2.11 bits per heavy atom. The molecular formula is C19H25ClN4O2S. The second-order valence-electron chi connectivity index (χ2n) is 6.87. The first kappa shape index (κ1) is 20.0. The van der Waals surface area contributed by atoms with Gasteiger partial charge in [0.05, 0.1) is 21.8 Å². The van der Waals surface area contributed by atoms with Crippen LogP contribution in [-0.2, 0) is 4.79 Å². The molecule has 0 unspecified atom stereocenters. The summed E-state index contributed by atoms with van der Waals surface area (Å²) in [7, 11) is 0. The van der Waals surface area contributed by atoms with Crippen LogP contribution in [0.1, 0.15) is 43.5 Å². The highest BCUT2D eigenvalue weighted by Gasteiger charge is 2.24. The van der Waals surface area contributed by atoms with Gasteiger partial charge in [0.1, 0.15) is 0 Å². The number of thiazole rings is 1. The summed E-state index contributed by atoms with van der Waals surface area (Å²) in [6.45, 7) is 4.55. The quantitative estimate of drug-likeness (QED) is 0.714. The maximum Gasteiger partial charge on any atom is 0.321 e. The Kier molecular flexibility index (Phi) is 7.04. The van der Waals surface area contributed by atoms with E-state index in [-0.39, 0.29) is 12.5 Å². The monoisotopic (exact) mass is 408 g/mol. The Labute approximate surface area is 168 Å². The number of halogens is 1. The Morgan fingerprint density at radius 3 is 2.85 bits per heavy atom. The van der Waals surface area contributed by atoms with E-state index in [2.05, 4.69) is 22.5 Å². The van der Waals surface area contributed by atoms with Crippen LogP contribution in [0.2, 0.25) is 5.02 Å². The minimum absolute atomic E-state index is 0.253. The summed E-state index contributed by atoms with van der Waals surface area (Å²) in [6, 6.07) is 5.41. The van der Waals surface area contributed by atoms with Crippen molar-refractivity contribution in [1.82, 2.24) is 20.5 Å². The molecule has 1 aromatic carbocycles. The van der Waals surface area contributed by atoms with Crippen LogP contribution in [0.3, 0.4) is 0 Å². The number of likely N-dealkylation sites (tertiary alicyclic amines) is 1. The van der Waals surface area contributed by atoms with Crippen molar-refractivity contribution in [2.24, 2.45) is 0 Å². The maximum atomic E-state index is 12.0. The highest BCUT2D eigenvalue weighted by molar-refractivity contribution is 7.18. The number of fused-ring (bicyclic) bond motifs is 1. The van der Waals surface area contributed by atoms with E-state index in [1.165, 1.54) is 0 Å². The zero-order valence-electron chi connectivity index (χ0n) is 15.5. The number of imide groups is 1. The second-order valence-corrected chi connectivity index (χ2v) is 8.37. The molecule has 0 radical (unpaired) electrons. The van der Waals surface area contributed by atoms with Gasteiger partial charge in [0.2, 0.25) is 5.91 Å².